The van der Waals surface area contributed by atoms with E-state index in [-0.39, 0.29) is 18.8 Å². The largest absolute Gasteiger partial charge is 0.394 e. The highest BCUT2D eigenvalue weighted by molar-refractivity contribution is 4.70. The predicted octanol–water partition coefficient (Wildman–Crippen LogP) is 5.48. The summed E-state index contributed by atoms with van der Waals surface area (Å²) in [5.41, 5.74) is 5.78. The van der Waals surface area contributed by atoms with Gasteiger partial charge in [0, 0.05) is 6.04 Å². The number of hydrogen-bond acceptors (Lipinski definition) is 4. The van der Waals surface area contributed by atoms with E-state index in [9.17, 15) is 5.11 Å². The van der Waals surface area contributed by atoms with Crippen molar-refractivity contribution in [1.29, 1.82) is 0 Å². The van der Waals surface area contributed by atoms with Crippen LogP contribution in [0.3, 0.4) is 0 Å². The molecule has 4 heteroatoms. The van der Waals surface area contributed by atoms with Crippen molar-refractivity contribution >= 4 is 0 Å². The second-order valence-electron chi connectivity index (χ2n) is 7.51. The maximum atomic E-state index is 9.38. The third kappa shape index (κ3) is 20.0. The summed E-state index contributed by atoms with van der Waals surface area (Å²) < 4.78 is 0. The van der Waals surface area contributed by atoms with Crippen LogP contribution in [0.4, 0.5) is 0 Å². The average Bonchev–Trinajstić information content (AvgIpc) is 2.60. The summed E-state index contributed by atoms with van der Waals surface area (Å²) in [7, 11) is 0. The van der Waals surface area contributed by atoms with Crippen LogP contribution < -0.4 is 11.9 Å². The lowest BCUT2D eigenvalue weighted by Crippen LogP contribution is -2.37. The van der Waals surface area contributed by atoms with E-state index in [1.54, 1.807) is 0 Å². The molecular weight excluding hydrogens is 312 g/mol. The van der Waals surface area contributed by atoms with Gasteiger partial charge in [-0.3, -0.25) is 0 Å². The van der Waals surface area contributed by atoms with Gasteiger partial charge in [0.15, 0.2) is 0 Å². The molecule has 0 bridgehead atoms. The molecule has 0 saturated heterocycles. The smallest absolute Gasteiger partial charge is 0.0921 e. The van der Waals surface area contributed by atoms with Gasteiger partial charge in [0.2, 0.25) is 0 Å². The fraction of sp³-hybridized carbons (Fsp3) is 1.00. The molecule has 0 aromatic rings. The van der Waals surface area contributed by atoms with Crippen LogP contribution in [0.2, 0.25) is 0 Å². The molecule has 4 nitrogen and oxygen atoms in total. The Morgan fingerprint density at radius 3 is 1.28 bits per heavy atom. The lowest BCUT2D eigenvalue weighted by molar-refractivity contribution is 0.0711. The molecule has 0 aromatic heterocycles. The van der Waals surface area contributed by atoms with Crippen LogP contribution in [0.5, 0.6) is 0 Å². The van der Waals surface area contributed by atoms with E-state index in [4.69, 9.17) is 10.8 Å². The van der Waals surface area contributed by atoms with Crippen molar-refractivity contribution in [1.82, 2.24) is 6.15 Å². The van der Waals surface area contributed by atoms with E-state index < -0.39 is 6.10 Å². The lowest BCUT2D eigenvalue weighted by atomic mass is 10.0. The summed E-state index contributed by atoms with van der Waals surface area (Å²) in [6.07, 6.45) is 21.9. The summed E-state index contributed by atoms with van der Waals surface area (Å²) in [6, 6.07) is -0.262. The number of aliphatic hydroxyl groups excluding tert-OH is 2. The van der Waals surface area contributed by atoms with Gasteiger partial charge in [-0.05, 0) is 6.42 Å². The molecule has 0 aromatic carbocycles. The van der Waals surface area contributed by atoms with E-state index in [0.29, 0.717) is 0 Å². The van der Waals surface area contributed by atoms with Gasteiger partial charge in [0.05, 0.1) is 12.7 Å². The standard InChI is InChI=1S/C21H45NO2.H3N/c1-2-3-4-5-6-7-8-9-10-11-12-13-14-15-16-17-18-20(22)21(24)19-23;/h20-21,23-24H,2-19,22H2,1H3;1H3. The molecular formula is C21H48N2O2. The Kier molecular flexibility index (Phi) is 23.7. The molecule has 0 amide bonds. The summed E-state index contributed by atoms with van der Waals surface area (Å²) in [4.78, 5) is 0. The van der Waals surface area contributed by atoms with Gasteiger partial charge in [0.25, 0.3) is 0 Å². The van der Waals surface area contributed by atoms with Crippen molar-refractivity contribution in [2.24, 2.45) is 5.73 Å². The first kappa shape index (κ1) is 27.1. The number of nitrogens with two attached hydrogens (primary N) is 1. The molecule has 2 unspecified atom stereocenters. The molecule has 0 spiro atoms. The second kappa shape index (κ2) is 21.9. The third-order valence-corrected chi connectivity index (χ3v) is 5.07. The topological polar surface area (TPSA) is 101 Å². The van der Waals surface area contributed by atoms with Crippen LogP contribution >= 0.6 is 0 Å². The Morgan fingerprint density at radius 2 is 0.960 bits per heavy atom. The van der Waals surface area contributed by atoms with Crippen molar-refractivity contribution < 1.29 is 10.2 Å². The van der Waals surface area contributed by atoms with Crippen LogP contribution in [0.25, 0.3) is 0 Å². The van der Waals surface area contributed by atoms with Gasteiger partial charge in [-0.25, -0.2) is 0 Å². The molecule has 0 fully saturated rings. The van der Waals surface area contributed by atoms with Crippen molar-refractivity contribution in [3.63, 3.8) is 0 Å². The van der Waals surface area contributed by atoms with Crippen LogP contribution in [-0.2, 0) is 0 Å². The van der Waals surface area contributed by atoms with Crippen molar-refractivity contribution in [2.75, 3.05) is 6.61 Å². The maximum Gasteiger partial charge on any atom is 0.0921 e. The minimum atomic E-state index is -0.749. The zero-order chi connectivity index (χ0) is 17.9. The zero-order valence-electron chi connectivity index (χ0n) is 17.1. The average molecular weight is 361 g/mol. The maximum absolute atomic E-state index is 9.38. The number of hydrogen-bond donors (Lipinski definition) is 4. The SMILES string of the molecule is CCCCCCCCCCCCCCCCCCC(N)C(O)CO.N. The Bertz CT molecular complexity index is 240. The van der Waals surface area contributed by atoms with E-state index >= 15 is 0 Å². The highest BCUT2D eigenvalue weighted by Gasteiger charge is 2.12. The van der Waals surface area contributed by atoms with Crippen molar-refractivity contribution in [3.8, 4) is 0 Å². The van der Waals surface area contributed by atoms with Gasteiger partial charge in [-0.15, -0.1) is 0 Å². The van der Waals surface area contributed by atoms with E-state index in [0.717, 1.165) is 12.8 Å². The first-order chi connectivity index (χ1) is 11.7. The van der Waals surface area contributed by atoms with Gasteiger partial charge < -0.3 is 22.1 Å². The fourth-order valence-corrected chi connectivity index (χ4v) is 3.26. The summed E-state index contributed by atoms with van der Waals surface area (Å²) in [5, 5.41) is 18.2. The summed E-state index contributed by atoms with van der Waals surface area (Å²) in [6.45, 7) is 2.06. The number of unbranched alkanes of at least 4 members (excludes halogenated alkanes) is 15. The molecule has 0 heterocycles. The molecule has 7 N–H and O–H groups in total. The minimum absolute atomic E-state index is 0. The Morgan fingerprint density at radius 1 is 0.640 bits per heavy atom. The van der Waals surface area contributed by atoms with Gasteiger partial charge in [0.1, 0.15) is 0 Å². The first-order valence-corrected chi connectivity index (χ1v) is 10.8. The van der Waals surface area contributed by atoms with Crippen LogP contribution in [-0.4, -0.2) is 29.0 Å². The Labute approximate surface area is 157 Å². The highest BCUT2D eigenvalue weighted by Crippen LogP contribution is 2.14. The molecule has 25 heavy (non-hydrogen) atoms. The molecule has 0 radical (unpaired) electrons. The van der Waals surface area contributed by atoms with Gasteiger partial charge >= 0.3 is 0 Å². The first-order valence-electron chi connectivity index (χ1n) is 10.8. The summed E-state index contributed by atoms with van der Waals surface area (Å²) >= 11 is 0. The molecule has 154 valence electrons. The van der Waals surface area contributed by atoms with Crippen LogP contribution in [0.1, 0.15) is 116 Å². The molecule has 0 aliphatic rings. The number of rotatable bonds is 19. The Hall–Kier alpha value is -0.160. The lowest BCUT2D eigenvalue weighted by Gasteiger charge is -2.16. The van der Waals surface area contributed by atoms with Gasteiger partial charge in [-0.2, -0.15) is 0 Å². The van der Waals surface area contributed by atoms with Crippen molar-refractivity contribution in [3.05, 3.63) is 0 Å². The number of aliphatic hydroxyl groups is 2. The predicted molar refractivity (Wildman–Crippen MR) is 110 cm³/mol. The Balaban J connectivity index is 0. The normalized spacial score (nSPS) is 13.4. The fourth-order valence-electron chi connectivity index (χ4n) is 3.26. The quantitative estimate of drug-likeness (QED) is 0.229. The highest BCUT2D eigenvalue weighted by atomic mass is 16.3. The van der Waals surface area contributed by atoms with E-state index in [1.807, 2.05) is 0 Å². The summed E-state index contributed by atoms with van der Waals surface area (Å²) in [5.74, 6) is 0. The van der Waals surface area contributed by atoms with E-state index in [1.165, 1.54) is 96.3 Å². The molecule has 0 rings (SSSR count). The van der Waals surface area contributed by atoms with Crippen LogP contribution in [0, 0.1) is 0 Å². The monoisotopic (exact) mass is 360 g/mol. The zero-order valence-corrected chi connectivity index (χ0v) is 17.1. The van der Waals surface area contributed by atoms with Gasteiger partial charge in [-0.1, -0.05) is 110 Å². The van der Waals surface area contributed by atoms with Crippen LogP contribution in [0.15, 0.2) is 0 Å². The second-order valence-corrected chi connectivity index (χ2v) is 7.51. The molecule has 0 aliphatic carbocycles. The molecule has 0 aliphatic heterocycles. The van der Waals surface area contributed by atoms with E-state index in [2.05, 4.69) is 6.92 Å². The van der Waals surface area contributed by atoms with Crippen molar-refractivity contribution in [2.45, 2.75) is 128 Å². The third-order valence-electron chi connectivity index (χ3n) is 5.07. The molecule has 0 saturated carbocycles. The molecule has 2 atom stereocenters. The minimum Gasteiger partial charge on any atom is -0.394 e.